The summed E-state index contributed by atoms with van der Waals surface area (Å²) in [4.78, 5) is 12.2. The maximum absolute atomic E-state index is 12.2. The zero-order valence-electron chi connectivity index (χ0n) is 12.7. The molecule has 1 unspecified atom stereocenters. The standard InChI is InChI=1S/C18H19BrN2O2/c19-16-3-1-2-4-17(16)23-12-13-5-7-14(8-6-13)18(22)21-15-9-10-20-11-15/h1-8,15,20H,9-12H2,(H,21,22). The topological polar surface area (TPSA) is 50.4 Å². The number of ether oxygens (including phenoxy) is 1. The van der Waals surface area contributed by atoms with E-state index in [0.29, 0.717) is 12.2 Å². The van der Waals surface area contributed by atoms with E-state index in [9.17, 15) is 4.79 Å². The van der Waals surface area contributed by atoms with Crippen LogP contribution in [0.25, 0.3) is 0 Å². The molecule has 5 heteroatoms. The van der Waals surface area contributed by atoms with Crippen molar-refractivity contribution in [2.75, 3.05) is 13.1 Å². The van der Waals surface area contributed by atoms with E-state index in [1.165, 1.54) is 0 Å². The first-order valence-corrected chi connectivity index (χ1v) is 8.49. The van der Waals surface area contributed by atoms with Gasteiger partial charge in [0.25, 0.3) is 5.91 Å². The highest BCUT2D eigenvalue weighted by molar-refractivity contribution is 9.10. The Hall–Kier alpha value is -1.85. The smallest absolute Gasteiger partial charge is 0.251 e. The van der Waals surface area contributed by atoms with E-state index in [-0.39, 0.29) is 11.9 Å². The molecule has 2 aromatic carbocycles. The maximum Gasteiger partial charge on any atom is 0.251 e. The van der Waals surface area contributed by atoms with Crippen LogP contribution in [0.5, 0.6) is 5.75 Å². The molecule has 4 nitrogen and oxygen atoms in total. The summed E-state index contributed by atoms with van der Waals surface area (Å²) in [7, 11) is 0. The summed E-state index contributed by atoms with van der Waals surface area (Å²) in [6, 6.07) is 15.5. The van der Waals surface area contributed by atoms with E-state index in [0.717, 1.165) is 35.3 Å². The number of hydrogen-bond donors (Lipinski definition) is 2. The van der Waals surface area contributed by atoms with Crippen LogP contribution in [0.15, 0.2) is 53.0 Å². The van der Waals surface area contributed by atoms with E-state index in [2.05, 4.69) is 26.6 Å². The molecule has 1 saturated heterocycles. The predicted octanol–water partition coefficient (Wildman–Crippen LogP) is 3.12. The van der Waals surface area contributed by atoms with Crippen LogP contribution in [0, 0.1) is 0 Å². The van der Waals surface area contributed by atoms with Gasteiger partial charge in [-0.2, -0.15) is 0 Å². The Morgan fingerprint density at radius 2 is 2.00 bits per heavy atom. The number of halogens is 1. The lowest BCUT2D eigenvalue weighted by Gasteiger charge is -2.12. The fraction of sp³-hybridized carbons (Fsp3) is 0.278. The molecule has 0 spiro atoms. The van der Waals surface area contributed by atoms with Crippen molar-refractivity contribution in [3.63, 3.8) is 0 Å². The molecule has 120 valence electrons. The molecule has 0 aromatic heterocycles. The van der Waals surface area contributed by atoms with Crippen LogP contribution >= 0.6 is 15.9 Å². The Labute approximate surface area is 144 Å². The summed E-state index contributed by atoms with van der Waals surface area (Å²) < 4.78 is 6.71. The predicted molar refractivity (Wildman–Crippen MR) is 93.7 cm³/mol. The summed E-state index contributed by atoms with van der Waals surface area (Å²) in [5, 5.41) is 6.28. The second-order valence-corrected chi connectivity index (χ2v) is 6.43. The van der Waals surface area contributed by atoms with Gasteiger partial charge in [-0.25, -0.2) is 0 Å². The van der Waals surface area contributed by atoms with Crippen LogP contribution in [0.2, 0.25) is 0 Å². The SMILES string of the molecule is O=C(NC1CCNC1)c1ccc(COc2ccccc2Br)cc1. The van der Waals surface area contributed by atoms with E-state index in [4.69, 9.17) is 4.74 Å². The van der Waals surface area contributed by atoms with Crippen LogP contribution in [0.1, 0.15) is 22.3 Å². The highest BCUT2D eigenvalue weighted by Crippen LogP contribution is 2.24. The molecule has 1 heterocycles. The first kappa shape index (κ1) is 16.0. The number of para-hydroxylation sites is 1. The molecule has 0 radical (unpaired) electrons. The molecule has 2 N–H and O–H groups in total. The van der Waals surface area contributed by atoms with Crippen molar-refractivity contribution in [2.45, 2.75) is 19.1 Å². The number of amides is 1. The number of carbonyl (C=O) groups excluding carboxylic acids is 1. The van der Waals surface area contributed by atoms with Crippen LogP contribution in [0.3, 0.4) is 0 Å². The lowest BCUT2D eigenvalue weighted by molar-refractivity contribution is 0.0940. The minimum Gasteiger partial charge on any atom is -0.488 e. The minimum atomic E-state index is -0.0167. The van der Waals surface area contributed by atoms with Gasteiger partial charge < -0.3 is 15.4 Å². The third kappa shape index (κ3) is 4.33. The maximum atomic E-state index is 12.2. The lowest BCUT2D eigenvalue weighted by Crippen LogP contribution is -2.36. The largest absolute Gasteiger partial charge is 0.488 e. The fourth-order valence-corrected chi connectivity index (χ4v) is 2.92. The van der Waals surface area contributed by atoms with Crippen molar-refractivity contribution in [3.05, 3.63) is 64.1 Å². The van der Waals surface area contributed by atoms with Crippen molar-refractivity contribution in [1.82, 2.24) is 10.6 Å². The van der Waals surface area contributed by atoms with Gasteiger partial charge in [-0.1, -0.05) is 24.3 Å². The molecule has 1 aliphatic rings. The highest BCUT2D eigenvalue weighted by Gasteiger charge is 2.17. The molecular formula is C18H19BrN2O2. The Kier molecular flexibility index (Phi) is 5.31. The van der Waals surface area contributed by atoms with Gasteiger partial charge in [0.1, 0.15) is 12.4 Å². The first-order valence-electron chi connectivity index (χ1n) is 7.70. The number of hydrogen-bond acceptors (Lipinski definition) is 3. The molecular weight excluding hydrogens is 356 g/mol. The van der Waals surface area contributed by atoms with Gasteiger partial charge in [0.15, 0.2) is 0 Å². The van der Waals surface area contributed by atoms with Gasteiger partial charge in [0, 0.05) is 18.2 Å². The minimum absolute atomic E-state index is 0.0167. The van der Waals surface area contributed by atoms with E-state index < -0.39 is 0 Å². The summed E-state index contributed by atoms with van der Waals surface area (Å²) in [5.41, 5.74) is 1.71. The van der Waals surface area contributed by atoms with Crippen molar-refractivity contribution in [2.24, 2.45) is 0 Å². The van der Waals surface area contributed by atoms with Gasteiger partial charge in [0.2, 0.25) is 0 Å². The lowest BCUT2D eigenvalue weighted by atomic mass is 10.1. The Morgan fingerprint density at radius 1 is 1.22 bits per heavy atom. The third-order valence-corrected chi connectivity index (χ3v) is 4.50. The van der Waals surface area contributed by atoms with Crippen molar-refractivity contribution in [1.29, 1.82) is 0 Å². The van der Waals surface area contributed by atoms with Crippen molar-refractivity contribution in [3.8, 4) is 5.75 Å². The molecule has 0 bridgehead atoms. The molecule has 2 aromatic rings. The normalized spacial score (nSPS) is 17.0. The summed E-state index contributed by atoms with van der Waals surface area (Å²) in [6.45, 7) is 2.29. The molecule has 1 atom stereocenters. The van der Waals surface area contributed by atoms with E-state index in [1.54, 1.807) is 0 Å². The second kappa shape index (κ2) is 7.62. The molecule has 1 fully saturated rings. The molecule has 23 heavy (non-hydrogen) atoms. The van der Waals surface area contributed by atoms with Gasteiger partial charge >= 0.3 is 0 Å². The highest BCUT2D eigenvalue weighted by atomic mass is 79.9. The zero-order chi connectivity index (χ0) is 16.1. The zero-order valence-corrected chi connectivity index (χ0v) is 14.3. The summed E-state index contributed by atoms with van der Waals surface area (Å²) in [6.07, 6.45) is 0.990. The van der Waals surface area contributed by atoms with Crippen LogP contribution < -0.4 is 15.4 Å². The fourth-order valence-electron chi connectivity index (χ4n) is 2.52. The van der Waals surface area contributed by atoms with Crippen LogP contribution in [0.4, 0.5) is 0 Å². The Balaban J connectivity index is 1.56. The van der Waals surface area contributed by atoms with Gasteiger partial charge in [-0.15, -0.1) is 0 Å². The molecule has 0 saturated carbocycles. The van der Waals surface area contributed by atoms with Crippen molar-refractivity contribution < 1.29 is 9.53 Å². The van der Waals surface area contributed by atoms with Crippen molar-refractivity contribution >= 4 is 21.8 Å². The van der Waals surface area contributed by atoms with E-state index >= 15 is 0 Å². The number of rotatable bonds is 5. The summed E-state index contributed by atoms with van der Waals surface area (Å²) in [5.74, 6) is 0.792. The van der Waals surface area contributed by atoms with E-state index in [1.807, 2.05) is 48.5 Å². The molecule has 1 aliphatic heterocycles. The Bertz CT molecular complexity index is 667. The monoisotopic (exact) mass is 374 g/mol. The molecule has 3 rings (SSSR count). The number of carbonyl (C=O) groups is 1. The second-order valence-electron chi connectivity index (χ2n) is 5.58. The Morgan fingerprint density at radius 3 is 2.70 bits per heavy atom. The molecule has 1 amide bonds. The van der Waals surface area contributed by atoms with Gasteiger partial charge in [-0.05, 0) is 58.7 Å². The summed E-state index contributed by atoms with van der Waals surface area (Å²) >= 11 is 3.46. The van der Waals surface area contributed by atoms with Gasteiger partial charge in [0.05, 0.1) is 4.47 Å². The van der Waals surface area contributed by atoms with Crippen LogP contribution in [-0.4, -0.2) is 25.0 Å². The third-order valence-electron chi connectivity index (χ3n) is 3.84. The number of benzene rings is 2. The average Bonchev–Trinajstić information content (AvgIpc) is 3.07. The van der Waals surface area contributed by atoms with Crippen LogP contribution in [-0.2, 0) is 6.61 Å². The first-order chi connectivity index (χ1) is 11.2. The van der Waals surface area contributed by atoms with Gasteiger partial charge in [-0.3, -0.25) is 4.79 Å². The molecule has 0 aliphatic carbocycles. The quantitative estimate of drug-likeness (QED) is 0.845. The number of nitrogens with one attached hydrogen (secondary N) is 2. The average molecular weight is 375 g/mol.